The van der Waals surface area contributed by atoms with Crippen LogP contribution in [-0.4, -0.2) is 8.80 Å². The van der Waals surface area contributed by atoms with Crippen molar-refractivity contribution in [2.75, 3.05) is 0 Å². The molecule has 0 bridgehead atoms. The molecule has 0 spiro atoms. The van der Waals surface area contributed by atoms with E-state index in [1.165, 1.54) is 54.5 Å². The van der Waals surface area contributed by atoms with Crippen LogP contribution in [0.1, 0.15) is 45.7 Å². The molecule has 0 amide bonds. The first-order chi connectivity index (χ1) is 22.9. The van der Waals surface area contributed by atoms with E-state index >= 15 is 0 Å². The third-order valence-corrected chi connectivity index (χ3v) is 12.5. The predicted molar refractivity (Wildman–Crippen MR) is 196 cm³/mol. The highest BCUT2D eigenvalue weighted by atomic mass is 28.3. The van der Waals surface area contributed by atoms with Gasteiger partial charge < -0.3 is 0 Å². The minimum atomic E-state index is -1.38. The molecule has 0 saturated carbocycles. The zero-order valence-electron chi connectivity index (χ0n) is 25.8. The molecular weight excluding hydrogens is 569 g/mol. The summed E-state index contributed by atoms with van der Waals surface area (Å²) >= 11 is 0. The van der Waals surface area contributed by atoms with Crippen molar-refractivity contribution in [3.63, 3.8) is 0 Å². The Kier molecular flexibility index (Phi) is 7.54. The maximum absolute atomic E-state index is 2.45. The summed E-state index contributed by atoms with van der Waals surface area (Å²) in [6, 6.07) is 61.0. The van der Waals surface area contributed by atoms with Crippen molar-refractivity contribution in [1.29, 1.82) is 0 Å². The lowest BCUT2D eigenvalue weighted by Gasteiger charge is -2.41. The Morgan fingerprint density at radius 1 is 0.543 bits per heavy atom. The topological polar surface area (TPSA) is 0 Å². The molecule has 0 N–H and O–H groups in total. The lowest BCUT2D eigenvalue weighted by atomic mass is 9.62. The van der Waals surface area contributed by atoms with Crippen molar-refractivity contribution in [2.24, 2.45) is 0 Å². The van der Waals surface area contributed by atoms with E-state index in [9.17, 15) is 0 Å². The van der Waals surface area contributed by atoms with Gasteiger partial charge in [-0.15, -0.1) is 0 Å². The van der Waals surface area contributed by atoms with Gasteiger partial charge in [-0.05, 0) is 50.6 Å². The molecular formula is C45H35Si. The van der Waals surface area contributed by atoms with Crippen LogP contribution in [0.2, 0.25) is 0 Å². The molecule has 2 aliphatic carbocycles. The summed E-state index contributed by atoms with van der Waals surface area (Å²) in [5, 5.41) is 4.26. The molecule has 1 atom stereocenters. The fourth-order valence-electron chi connectivity index (χ4n) is 7.76. The maximum Gasteiger partial charge on any atom is 0.154 e. The van der Waals surface area contributed by atoms with E-state index < -0.39 is 14.2 Å². The standard InChI is InChI=1S/C45H35Si/c1-5-19-35(20-6-1)45(37-23-14-15-24-37,36-21-7-2-8-22-36)42-30-17-31-43(44(42)41-33-32-34-18-13-16-29-40(34)41)46(38-25-9-3-10-26-38)39-27-11-4-12-28-39/h1-23,25-33,41H,24H2. The van der Waals surface area contributed by atoms with Crippen LogP contribution < -0.4 is 15.6 Å². The monoisotopic (exact) mass is 603 g/mol. The average molecular weight is 604 g/mol. The van der Waals surface area contributed by atoms with Crippen LogP contribution in [0.25, 0.3) is 6.08 Å². The molecule has 2 aliphatic rings. The fourth-order valence-corrected chi connectivity index (χ4v) is 10.6. The van der Waals surface area contributed by atoms with Gasteiger partial charge in [0.2, 0.25) is 0 Å². The van der Waals surface area contributed by atoms with Crippen molar-refractivity contribution >= 4 is 30.4 Å². The van der Waals surface area contributed by atoms with E-state index in [4.69, 9.17) is 0 Å². The van der Waals surface area contributed by atoms with Crippen LogP contribution in [0.4, 0.5) is 0 Å². The smallest absolute Gasteiger partial charge is 0.0804 e. The van der Waals surface area contributed by atoms with E-state index in [1.807, 2.05) is 0 Å². The molecule has 219 valence electrons. The van der Waals surface area contributed by atoms with Crippen LogP contribution >= 0.6 is 0 Å². The second kappa shape index (κ2) is 12.3. The summed E-state index contributed by atoms with van der Waals surface area (Å²) in [7, 11) is -1.38. The van der Waals surface area contributed by atoms with Crippen molar-refractivity contribution in [2.45, 2.75) is 17.8 Å². The summed E-state index contributed by atoms with van der Waals surface area (Å²) in [5.74, 6) is 0.136. The van der Waals surface area contributed by atoms with Gasteiger partial charge in [-0.2, -0.15) is 0 Å². The molecule has 0 aliphatic heterocycles. The SMILES string of the molecule is C1=CCC(C(c2ccccc2)(c2ccccc2)c2cccc([Si](c3ccccc3)c3ccccc3)c2C2C=Cc3ccccc32)=C1. The molecule has 1 heteroatoms. The fraction of sp³-hybridized carbons (Fsp3) is 0.0667. The summed E-state index contributed by atoms with van der Waals surface area (Å²) in [6.45, 7) is 0. The number of allylic oxidation sites excluding steroid dienone is 5. The average Bonchev–Trinajstić information content (AvgIpc) is 3.82. The van der Waals surface area contributed by atoms with Gasteiger partial charge in [0, 0.05) is 5.92 Å². The molecule has 1 unspecified atom stereocenters. The minimum absolute atomic E-state index is 0.136. The molecule has 0 heterocycles. The van der Waals surface area contributed by atoms with Gasteiger partial charge in [-0.1, -0.05) is 205 Å². The highest BCUT2D eigenvalue weighted by Crippen LogP contribution is 2.51. The Bertz CT molecular complexity index is 1980. The van der Waals surface area contributed by atoms with E-state index in [0.29, 0.717) is 0 Å². The number of hydrogen-bond donors (Lipinski definition) is 0. The number of fused-ring (bicyclic) bond motifs is 1. The Morgan fingerprint density at radius 3 is 1.70 bits per heavy atom. The van der Waals surface area contributed by atoms with Gasteiger partial charge in [-0.25, -0.2) is 0 Å². The van der Waals surface area contributed by atoms with Gasteiger partial charge in [0.15, 0.2) is 8.80 Å². The molecule has 0 nitrogen and oxygen atoms in total. The molecule has 0 aromatic heterocycles. The normalized spacial score (nSPS) is 15.2. The quantitative estimate of drug-likeness (QED) is 0.121. The zero-order valence-corrected chi connectivity index (χ0v) is 26.8. The highest BCUT2D eigenvalue weighted by Gasteiger charge is 2.44. The summed E-state index contributed by atoms with van der Waals surface area (Å²) in [4.78, 5) is 0. The highest BCUT2D eigenvalue weighted by molar-refractivity contribution is 6.95. The van der Waals surface area contributed by atoms with E-state index in [1.54, 1.807) is 0 Å². The molecule has 1 radical (unpaired) electrons. The Labute approximate surface area is 274 Å². The molecule has 46 heavy (non-hydrogen) atoms. The number of rotatable bonds is 8. The first-order valence-electron chi connectivity index (χ1n) is 16.2. The Hall–Kier alpha value is -5.24. The number of benzene rings is 6. The lowest BCUT2D eigenvalue weighted by molar-refractivity contribution is 0.699. The largest absolute Gasteiger partial charge is 0.154 e. The zero-order chi connectivity index (χ0) is 30.8. The second-order valence-corrected chi connectivity index (χ2v) is 14.6. The third kappa shape index (κ3) is 4.76. The van der Waals surface area contributed by atoms with Gasteiger partial charge in [0.1, 0.15) is 0 Å². The first-order valence-corrected chi connectivity index (χ1v) is 17.7. The Balaban J connectivity index is 1.52. The van der Waals surface area contributed by atoms with Crippen LogP contribution in [0.5, 0.6) is 0 Å². The van der Waals surface area contributed by atoms with Crippen LogP contribution in [0.15, 0.2) is 194 Å². The molecule has 0 fully saturated rings. The lowest BCUT2D eigenvalue weighted by Crippen LogP contribution is -2.54. The van der Waals surface area contributed by atoms with Crippen LogP contribution in [0.3, 0.4) is 0 Å². The van der Waals surface area contributed by atoms with Gasteiger partial charge in [0.25, 0.3) is 0 Å². The molecule has 6 aromatic rings. The van der Waals surface area contributed by atoms with Crippen LogP contribution in [0, 0.1) is 0 Å². The number of hydrogen-bond acceptors (Lipinski definition) is 0. The maximum atomic E-state index is 2.45. The molecule has 6 aromatic carbocycles. The van der Waals surface area contributed by atoms with Crippen molar-refractivity contribution < 1.29 is 0 Å². The van der Waals surface area contributed by atoms with Crippen molar-refractivity contribution in [1.82, 2.24) is 0 Å². The van der Waals surface area contributed by atoms with Crippen molar-refractivity contribution in [3.8, 4) is 0 Å². The summed E-state index contributed by atoms with van der Waals surface area (Å²) < 4.78 is 0. The second-order valence-electron chi connectivity index (χ2n) is 12.1. The van der Waals surface area contributed by atoms with E-state index in [2.05, 4.69) is 194 Å². The van der Waals surface area contributed by atoms with E-state index in [0.717, 1.165) is 6.42 Å². The predicted octanol–water partition coefficient (Wildman–Crippen LogP) is 8.58. The van der Waals surface area contributed by atoms with Crippen molar-refractivity contribution in [3.05, 3.63) is 227 Å². The van der Waals surface area contributed by atoms with Gasteiger partial charge in [0.05, 0.1) is 5.41 Å². The first kappa shape index (κ1) is 28.2. The van der Waals surface area contributed by atoms with Crippen LogP contribution in [-0.2, 0) is 5.41 Å². The summed E-state index contributed by atoms with van der Waals surface area (Å²) in [5.41, 5.74) is 9.05. The molecule has 0 saturated heterocycles. The molecule has 8 rings (SSSR count). The van der Waals surface area contributed by atoms with Gasteiger partial charge >= 0.3 is 0 Å². The van der Waals surface area contributed by atoms with E-state index in [-0.39, 0.29) is 5.92 Å². The van der Waals surface area contributed by atoms with Gasteiger partial charge in [-0.3, -0.25) is 0 Å². The summed E-state index contributed by atoms with van der Waals surface area (Å²) in [6.07, 6.45) is 12.6. The third-order valence-electron chi connectivity index (χ3n) is 9.68. The minimum Gasteiger partial charge on any atom is -0.0804 e. The Morgan fingerprint density at radius 2 is 1.11 bits per heavy atom.